The predicted molar refractivity (Wildman–Crippen MR) is 111 cm³/mol. The first-order valence-electron chi connectivity index (χ1n) is 8.99. The van der Waals surface area contributed by atoms with Crippen LogP contribution in [0.4, 0.5) is 0 Å². The summed E-state index contributed by atoms with van der Waals surface area (Å²) < 4.78 is 17.9. The number of ether oxygens (including phenoxy) is 2. The number of para-hydroxylation sites is 2. The highest BCUT2D eigenvalue weighted by atomic mass is 35.5. The number of aromatic nitrogens is 2. The van der Waals surface area contributed by atoms with E-state index in [2.05, 4.69) is 10.2 Å². The van der Waals surface area contributed by atoms with Gasteiger partial charge in [0.25, 0.3) is 11.1 Å². The van der Waals surface area contributed by atoms with Crippen LogP contribution in [0.15, 0.2) is 46.0 Å². The molecule has 152 valence electrons. The van der Waals surface area contributed by atoms with E-state index in [0.717, 1.165) is 4.88 Å². The van der Waals surface area contributed by atoms with Gasteiger partial charge in [-0.15, -0.1) is 21.5 Å². The third-order valence-electron chi connectivity index (χ3n) is 4.24. The number of halogens is 1. The van der Waals surface area contributed by atoms with Gasteiger partial charge in [0.1, 0.15) is 6.61 Å². The van der Waals surface area contributed by atoms with Gasteiger partial charge in [-0.2, -0.15) is 0 Å². The van der Waals surface area contributed by atoms with Gasteiger partial charge in [-0.25, -0.2) is 0 Å². The minimum Gasteiger partial charge on any atom is -0.485 e. The molecule has 29 heavy (non-hydrogen) atoms. The minimum atomic E-state index is -0.474. The fourth-order valence-corrected chi connectivity index (χ4v) is 4.54. The van der Waals surface area contributed by atoms with Crippen molar-refractivity contribution in [3.8, 4) is 11.5 Å². The lowest BCUT2D eigenvalue weighted by Gasteiger charge is -2.23. The molecule has 0 unspecified atom stereocenters. The standard InChI is InChI=1S/C19H18ClN3O4S2/c1-2-23(9-12-7-8-16(20)29-12)17(24)11-28-19-22-21-18(27-19)15-10-25-13-5-3-4-6-14(13)26-15/h3-8,15H,2,9-11H2,1H3/t15-/m1/s1. The second kappa shape index (κ2) is 9.06. The lowest BCUT2D eigenvalue weighted by molar-refractivity contribution is -0.128. The maximum Gasteiger partial charge on any atom is 0.277 e. The molecule has 0 spiro atoms. The molecular formula is C19H18ClN3O4S2. The second-order valence-corrected chi connectivity index (χ2v) is 8.90. The van der Waals surface area contributed by atoms with Gasteiger partial charge in [-0.05, 0) is 31.2 Å². The largest absolute Gasteiger partial charge is 0.485 e. The average molecular weight is 452 g/mol. The molecule has 1 aliphatic heterocycles. The van der Waals surface area contributed by atoms with Crippen molar-refractivity contribution in [1.82, 2.24) is 15.1 Å². The van der Waals surface area contributed by atoms with E-state index in [1.807, 2.05) is 43.3 Å². The molecule has 1 aromatic carbocycles. The van der Waals surface area contributed by atoms with Crippen molar-refractivity contribution in [1.29, 1.82) is 0 Å². The van der Waals surface area contributed by atoms with Crippen molar-refractivity contribution in [2.45, 2.75) is 24.8 Å². The summed E-state index contributed by atoms with van der Waals surface area (Å²) in [6, 6.07) is 11.2. The van der Waals surface area contributed by atoms with Gasteiger partial charge < -0.3 is 18.8 Å². The summed E-state index contributed by atoms with van der Waals surface area (Å²) in [5, 5.41) is 8.39. The lowest BCUT2D eigenvalue weighted by atomic mass is 10.2. The summed E-state index contributed by atoms with van der Waals surface area (Å²) in [6.07, 6.45) is -0.474. The molecule has 4 rings (SSSR count). The first-order chi connectivity index (χ1) is 14.1. The van der Waals surface area contributed by atoms with Gasteiger partial charge in [0.05, 0.1) is 16.6 Å². The van der Waals surface area contributed by atoms with Crippen molar-refractivity contribution in [3.63, 3.8) is 0 Å². The molecule has 0 saturated heterocycles. The highest BCUT2D eigenvalue weighted by Crippen LogP contribution is 2.36. The molecular weight excluding hydrogens is 434 g/mol. The van der Waals surface area contributed by atoms with E-state index in [1.54, 1.807) is 4.90 Å². The Morgan fingerprint density at radius 1 is 1.28 bits per heavy atom. The number of rotatable bonds is 7. The molecule has 3 heterocycles. The fraction of sp³-hybridized carbons (Fsp3) is 0.316. The molecule has 0 saturated carbocycles. The Bertz CT molecular complexity index is 993. The highest BCUT2D eigenvalue weighted by Gasteiger charge is 2.27. The van der Waals surface area contributed by atoms with Crippen LogP contribution in [-0.2, 0) is 11.3 Å². The molecule has 0 fully saturated rings. The van der Waals surface area contributed by atoms with Crippen LogP contribution in [0.2, 0.25) is 4.34 Å². The molecule has 1 atom stereocenters. The molecule has 1 amide bonds. The number of benzene rings is 1. The SMILES string of the molecule is CCN(Cc1ccc(Cl)s1)C(=O)CSc1nnc([C@H]2COc3ccccc3O2)o1. The summed E-state index contributed by atoms with van der Waals surface area (Å²) >= 11 is 8.65. The molecule has 3 aromatic rings. The number of nitrogens with zero attached hydrogens (tertiary/aromatic N) is 3. The van der Waals surface area contributed by atoms with Crippen molar-refractivity contribution in [2.24, 2.45) is 0 Å². The van der Waals surface area contributed by atoms with E-state index in [4.69, 9.17) is 25.5 Å². The summed E-state index contributed by atoms with van der Waals surface area (Å²) in [5.41, 5.74) is 0. The first kappa shape index (κ1) is 20.1. The van der Waals surface area contributed by atoms with Crippen molar-refractivity contribution < 1.29 is 18.7 Å². The quantitative estimate of drug-likeness (QED) is 0.491. The van der Waals surface area contributed by atoms with Crippen LogP contribution in [0.1, 0.15) is 23.8 Å². The Morgan fingerprint density at radius 3 is 2.86 bits per heavy atom. The smallest absolute Gasteiger partial charge is 0.277 e. The third kappa shape index (κ3) is 4.85. The topological polar surface area (TPSA) is 77.7 Å². The van der Waals surface area contributed by atoms with Crippen LogP contribution < -0.4 is 9.47 Å². The summed E-state index contributed by atoms with van der Waals surface area (Å²) in [5.74, 6) is 1.86. The van der Waals surface area contributed by atoms with E-state index >= 15 is 0 Å². The van der Waals surface area contributed by atoms with E-state index in [-0.39, 0.29) is 18.3 Å². The van der Waals surface area contributed by atoms with Crippen LogP contribution in [0, 0.1) is 0 Å². The van der Waals surface area contributed by atoms with E-state index < -0.39 is 6.10 Å². The minimum absolute atomic E-state index is 0.00653. The van der Waals surface area contributed by atoms with E-state index in [9.17, 15) is 4.79 Å². The van der Waals surface area contributed by atoms with Gasteiger partial charge >= 0.3 is 0 Å². The van der Waals surface area contributed by atoms with Gasteiger partial charge in [0.15, 0.2) is 11.5 Å². The Balaban J connectivity index is 1.32. The maximum absolute atomic E-state index is 12.5. The number of carbonyl (C=O) groups excluding carboxylic acids is 1. The third-order valence-corrected chi connectivity index (χ3v) is 6.25. The van der Waals surface area contributed by atoms with Crippen LogP contribution in [0.25, 0.3) is 0 Å². The number of fused-ring (bicyclic) bond motifs is 1. The molecule has 0 bridgehead atoms. The monoisotopic (exact) mass is 451 g/mol. The summed E-state index contributed by atoms with van der Waals surface area (Å²) in [7, 11) is 0. The average Bonchev–Trinajstić information content (AvgIpc) is 3.38. The molecule has 0 N–H and O–H groups in total. The van der Waals surface area contributed by atoms with Gasteiger partial charge in [0.2, 0.25) is 12.0 Å². The van der Waals surface area contributed by atoms with Gasteiger partial charge in [0, 0.05) is 11.4 Å². The Kier molecular flexibility index (Phi) is 6.27. The number of thiophene rings is 1. The van der Waals surface area contributed by atoms with Crippen molar-refractivity contribution in [2.75, 3.05) is 18.9 Å². The Morgan fingerprint density at radius 2 is 2.10 bits per heavy atom. The predicted octanol–water partition coefficient (Wildman–Crippen LogP) is 4.44. The zero-order valence-electron chi connectivity index (χ0n) is 15.5. The molecule has 0 radical (unpaired) electrons. The molecule has 7 nitrogen and oxygen atoms in total. The Labute approximate surface area is 181 Å². The first-order valence-corrected chi connectivity index (χ1v) is 11.2. The molecule has 0 aliphatic carbocycles. The van der Waals surface area contributed by atoms with Crippen LogP contribution in [0.3, 0.4) is 0 Å². The van der Waals surface area contributed by atoms with Crippen LogP contribution in [-0.4, -0.2) is 39.9 Å². The maximum atomic E-state index is 12.5. The van der Waals surface area contributed by atoms with Crippen LogP contribution in [0.5, 0.6) is 11.5 Å². The molecule has 10 heteroatoms. The number of carbonyl (C=O) groups is 1. The highest BCUT2D eigenvalue weighted by molar-refractivity contribution is 7.99. The van der Waals surface area contributed by atoms with E-state index in [0.29, 0.717) is 40.0 Å². The summed E-state index contributed by atoms with van der Waals surface area (Å²) in [4.78, 5) is 15.4. The number of hydrogen-bond acceptors (Lipinski definition) is 8. The second-order valence-electron chi connectivity index (χ2n) is 6.17. The normalized spacial score (nSPS) is 15.3. The zero-order valence-corrected chi connectivity index (χ0v) is 17.9. The number of hydrogen-bond donors (Lipinski definition) is 0. The van der Waals surface area contributed by atoms with Gasteiger partial charge in [-0.3, -0.25) is 4.79 Å². The van der Waals surface area contributed by atoms with E-state index in [1.165, 1.54) is 23.1 Å². The lowest BCUT2D eigenvalue weighted by Crippen LogP contribution is -2.31. The number of amides is 1. The zero-order chi connectivity index (χ0) is 20.2. The number of thioether (sulfide) groups is 1. The van der Waals surface area contributed by atoms with Gasteiger partial charge in [-0.1, -0.05) is 35.5 Å². The Hall–Kier alpha value is -2.23. The molecule has 1 aliphatic rings. The van der Waals surface area contributed by atoms with Crippen molar-refractivity contribution in [3.05, 3.63) is 51.5 Å². The fourth-order valence-electron chi connectivity index (χ4n) is 2.77. The van der Waals surface area contributed by atoms with Crippen molar-refractivity contribution >= 4 is 40.6 Å². The molecule has 2 aromatic heterocycles. The summed E-state index contributed by atoms with van der Waals surface area (Å²) in [6.45, 7) is 3.38. The van der Waals surface area contributed by atoms with Crippen LogP contribution >= 0.6 is 34.7 Å².